The van der Waals surface area contributed by atoms with Crippen LogP contribution in [0, 0.1) is 0 Å². The summed E-state index contributed by atoms with van der Waals surface area (Å²) in [5.41, 5.74) is 5.41. The van der Waals surface area contributed by atoms with Gasteiger partial charge in [0.05, 0.1) is 25.5 Å². The molecule has 0 spiro atoms. The Bertz CT molecular complexity index is 1030. The van der Waals surface area contributed by atoms with Crippen LogP contribution in [0.5, 0.6) is 23.0 Å². The summed E-state index contributed by atoms with van der Waals surface area (Å²) in [6, 6.07) is 9.97. The van der Waals surface area contributed by atoms with Crippen molar-refractivity contribution in [3.05, 3.63) is 42.0 Å². The number of rotatable bonds is 9. The van der Waals surface area contributed by atoms with Gasteiger partial charge in [-0.3, -0.25) is 30.1 Å². The zero-order valence-electron chi connectivity index (χ0n) is 19.7. The summed E-state index contributed by atoms with van der Waals surface area (Å²) in [6.07, 6.45) is -0.727. The van der Waals surface area contributed by atoms with E-state index in [9.17, 15) is 14.4 Å². The quantitative estimate of drug-likeness (QED) is 0.540. The van der Waals surface area contributed by atoms with Crippen LogP contribution in [0.15, 0.2) is 36.4 Å². The maximum atomic E-state index is 12.8. The van der Waals surface area contributed by atoms with Crippen LogP contribution >= 0.6 is 0 Å². The number of hydrogen-bond donors (Lipinski definition) is 2. The second kappa shape index (κ2) is 11.3. The molecule has 10 nitrogen and oxygen atoms in total. The van der Waals surface area contributed by atoms with E-state index < -0.39 is 17.9 Å². The van der Waals surface area contributed by atoms with Crippen LogP contribution in [0.4, 0.5) is 5.69 Å². The average Bonchev–Trinajstić information content (AvgIpc) is 2.82. The molecule has 0 saturated carbocycles. The Morgan fingerprint density at radius 2 is 1.59 bits per heavy atom. The number of amides is 3. The number of nitrogens with zero attached hydrogens (tertiary/aromatic N) is 1. The minimum Gasteiger partial charge on any atom is -0.490 e. The third-order valence-corrected chi connectivity index (χ3v) is 4.86. The monoisotopic (exact) mass is 471 g/mol. The van der Waals surface area contributed by atoms with E-state index in [1.165, 1.54) is 17.0 Å². The summed E-state index contributed by atoms with van der Waals surface area (Å²) in [5.74, 6) is 0.118. The predicted octanol–water partition coefficient (Wildman–Crippen LogP) is 2.46. The molecule has 1 atom stereocenters. The minimum atomic E-state index is -0.727. The highest BCUT2D eigenvalue weighted by atomic mass is 16.5. The Labute approximate surface area is 198 Å². The molecule has 0 aromatic heterocycles. The summed E-state index contributed by atoms with van der Waals surface area (Å²) < 4.78 is 22.5. The first-order valence-corrected chi connectivity index (χ1v) is 11.1. The average molecular weight is 472 g/mol. The van der Waals surface area contributed by atoms with E-state index in [2.05, 4.69) is 10.9 Å². The van der Waals surface area contributed by atoms with E-state index in [0.717, 1.165) is 0 Å². The van der Waals surface area contributed by atoms with Gasteiger partial charge in [-0.1, -0.05) is 12.1 Å². The zero-order chi connectivity index (χ0) is 24.7. The number of benzene rings is 2. The molecule has 2 N–H and O–H groups in total. The smallest absolute Gasteiger partial charge is 0.269 e. The first-order valence-electron chi connectivity index (χ1n) is 11.1. The van der Waals surface area contributed by atoms with Crippen molar-refractivity contribution in [1.29, 1.82) is 0 Å². The van der Waals surface area contributed by atoms with Gasteiger partial charge in [0.25, 0.3) is 17.7 Å². The zero-order valence-corrected chi connectivity index (χ0v) is 19.7. The lowest BCUT2D eigenvalue weighted by atomic mass is 10.1. The van der Waals surface area contributed by atoms with Gasteiger partial charge in [-0.25, -0.2) is 0 Å². The number of carbonyl (C=O) groups excluding carboxylic acids is 3. The Hall–Kier alpha value is -3.95. The van der Waals surface area contributed by atoms with Crippen LogP contribution in [0.2, 0.25) is 0 Å². The summed E-state index contributed by atoms with van der Waals surface area (Å²) in [6.45, 7) is 7.90. The number of para-hydroxylation sites is 2. The molecule has 1 aliphatic rings. The van der Waals surface area contributed by atoms with Crippen LogP contribution in [-0.2, 0) is 9.59 Å². The van der Waals surface area contributed by atoms with Crippen molar-refractivity contribution >= 4 is 23.4 Å². The van der Waals surface area contributed by atoms with E-state index in [1.807, 2.05) is 20.8 Å². The SMILES string of the molecule is CCOc1cc(C(=O)NNC(=O)CN2C(=O)C(C)Oc3ccccc32)cc(OCC)c1OCC. The molecule has 0 bridgehead atoms. The fourth-order valence-electron chi connectivity index (χ4n) is 3.42. The second-order valence-electron chi connectivity index (χ2n) is 7.26. The normalized spacial score (nSPS) is 14.5. The molecule has 0 radical (unpaired) electrons. The largest absolute Gasteiger partial charge is 0.490 e. The summed E-state index contributed by atoms with van der Waals surface area (Å²) in [4.78, 5) is 39.2. The fraction of sp³-hybridized carbons (Fsp3) is 0.375. The molecular weight excluding hydrogens is 442 g/mol. The van der Waals surface area contributed by atoms with Gasteiger partial charge in [-0.05, 0) is 52.0 Å². The molecule has 3 amide bonds. The van der Waals surface area contributed by atoms with Crippen molar-refractivity contribution in [3.63, 3.8) is 0 Å². The van der Waals surface area contributed by atoms with Gasteiger partial charge in [0.15, 0.2) is 17.6 Å². The summed E-state index contributed by atoms with van der Waals surface area (Å²) >= 11 is 0. The Morgan fingerprint density at radius 1 is 0.971 bits per heavy atom. The second-order valence-corrected chi connectivity index (χ2v) is 7.26. The van der Waals surface area contributed by atoms with Crippen molar-refractivity contribution < 1.29 is 33.3 Å². The van der Waals surface area contributed by atoms with Gasteiger partial charge < -0.3 is 18.9 Å². The van der Waals surface area contributed by atoms with E-state index >= 15 is 0 Å². The molecular formula is C24H29N3O7. The van der Waals surface area contributed by atoms with Crippen LogP contribution in [-0.4, -0.2) is 50.2 Å². The number of carbonyl (C=O) groups is 3. The molecule has 3 rings (SSSR count). The lowest BCUT2D eigenvalue weighted by Crippen LogP contribution is -2.51. The van der Waals surface area contributed by atoms with Crippen LogP contribution in [0.3, 0.4) is 0 Å². The highest BCUT2D eigenvalue weighted by Crippen LogP contribution is 2.39. The molecule has 2 aromatic rings. The summed E-state index contributed by atoms with van der Waals surface area (Å²) in [7, 11) is 0. The van der Waals surface area contributed by atoms with E-state index in [1.54, 1.807) is 31.2 Å². The van der Waals surface area contributed by atoms with Crippen molar-refractivity contribution in [1.82, 2.24) is 10.9 Å². The van der Waals surface area contributed by atoms with Crippen LogP contribution < -0.4 is 34.7 Å². The minimum absolute atomic E-state index is 0.206. The van der Waals surface area contributed by atoms with Gasteiger partial charge in [-0.15, -0.1) is 0 Å². The fourth-order valence-corrected chi connectivity index (χ4v) is 3.42. The lowest BCUT2D eigenvalue weighted by Gasteiger charge is -2.32. The van der Waals surface area contributed by atoms with Gasteiger partial charge in [0.1, 0.15) is 12.3 Å². The van der Waals surface area contributed by atoms with Crippen molar-refractivity contribution in [2.24, 2.45) is 0 Å². The van der Waals surface area contributed by atoms with Gasteiger partial charge in [-0.2, -0.15) is 0 Å². The lowest BCUT2D eigenvalue weighted by molar-refractivity contribution is -0.128. The highest BCUT2D eigenvalue weighted by Gasteiger charge is 2.32. The van der Waals surface area contributed by atoms with E-state index in [0.29, 0.717) is 48.5 Å². The Morgan fingerprint density at radius 3 is 2.21 bits per heavy atom. The molecule has 0 fully saturated rings. The predicted molar refractivity (Wildman–Crippen MR) is 124 cm³/mol. The molecule has 0 saturated heterocycles. The molecule has 10 heteroatoms. The Kier molecular flexibility index (Phi) is 8.18. The Balaban J connectivity index is 1.72. The van der Waals surface area contributed by atoms with Gasteiger partial charge >= 0.3 is 0 Å². The van der Waals surface area contributed by atoms with Crippen LogP contribution in [0.25, 0.3) is 0 Å². The molecule has 182 valence electrons. The molecule has 2 aromatic carbocycles. The number of nitrogens with one attached hydrogen (secondary N) is 2. The number of hydrogen-bond acceptors (Lipinski definition) is 7. The number of anilines is 1. The first kappa shape index (κ1) is 24.7. The van der Waals surface area contributed by atoms with Crippen molar-refractivity contribution in [2.75, 3.05) is 31.3 Å². The topological polar surface area (TPSA) is 115 Å². The highest BCUT2D eigenvalue weighted by molar-refractivity contribution is 6.04. The van der Waals surface area contributed by atoms with E-state index in [4.69, 9.17) is 18.9 Å². The maximum Gasteiger partial charge on any atom is 0.269 e. The number of hydrazine groups is 1. The molecule has 1 unspecified atom stereocenters. The molecule has 0 aliphatic carbocycles. The van der Waals surface area contributed by atoms with Crippen molar-refractivity contribution in [2.45, 2.75) is 33.8 Å². The third kappa shape index (κ3) is 5.51. The molecule has 34 heavy (non-hydrogen) atoms. The summed E-state index contributed by atoms with van der Waals surface area (Å²) in [5, 5.41) is 0. The van der Waals surface area contributed by atoms with E-state index in [-0.39, 0.29) is 18.0 Å². The number of ether oxygens (including phenoxy) is 4. The first-order chi connectivity index (χ1) is 16.4. The number of fused-ring (bicyclic) bond motifs is 1. The third-order valence-electron chi connectivity index (χ3n) is 4.86. The molecule has 1 aliphatic heterocycles. The molecule has 1 heterocycles. The van der Waals surface area contributed by atoms with Gasteiger partial charge in [0, 0.05) is 5.56 Å². The maximum absolute atomic E-state index is 12.8. The van der Waals surface area contributed by atoms with Gasteiger partial charge in [0.2, 0.25) is 5.75 Å². The standard InChI is InChI=1S/C24H29N3O7/c1-5-31-19-12-16(13-20(32-6-2)22(19)33-7-3)23(29)26-25-21(28)14-27-17-10-8-9-11-18(17)34-15(4)24(27)30/h8-13,15H,5-7,14H2,1-4H3,(H,25,28)(H,26,29). The van der Waals surface area contributed by atoms with Crippen molar-refractivity contribution in [3.8, 4) is 23.0 Å². The van der Waals surface area contributed by atoms with Crippen LogP contribution in [0.1, 0.15) is 38.1 Å².